The van der Waals surface area contributed by atoms with Crippen molar-refractivity contribution in [2.75, 3.05) is 13.1 Å². The first kappa shape index (κ1) is 12.7. The molecule has 2 bridgehead atoms. The minimum atomic E-state index is -0.114. The van der Waals surface area contributed by atoms with E-state index in [2.05, 4.69) is 45.7 Å². The molecule has 0 aromatic rings. The molecule has 2 fully saturated rings. The van der Waals surface area contributed by atoms with Gasteiger partial charge >= 0.3 is 0 Å². The summed E-state index contributed by atoms with van der Waals surface area (Å²) in [7, 11) is 0. The van der Waals surface area contributed by atoms with Gasteiger partial charge in [-0.05, 0) is 38.0 Å². The van der Waals surface area contributed by atoms with Gasteiger partial charge in [-0.15, -0.1) is 0 Å². The fourth-order valence-electron chi connectivity index (χ4n) is 3.68. The van der Waals surface area contributed by atoms with Crippen molar-refractivity contribution in [1.29, 1.82) is 0 Å². The van der Waals surface area contributed by atoms with Crippen LogP contribution in [0.3, 0.4) is 0 Å². The molecule has 0 N–H and O–H groups in total. The van der Waals surface area contributed by atoms with Gasteiger partial charge in [-0.1, -0.05) is 20.8 Å². The Labute approximate surface area is 105 Å². The van der Waals surface area contributed by atoms with Gasteiger partial charge in [0, 0.05) is 30.3 Å². The Hall–Kier alpha value is -0.790. The SMILES string of the molecule is CCN(/C=C1\C(=O)[C@]2(C)CC[C@H]1C2(C)C)CC. The van der Waals surface area contributed by atoms with Crippen LogP contribution in [-0.4, -0.2) is 23.8 Å². The Morgan fingerprint density at radius 1 is 1.29 bits per heavy atom. The summed E-state index contributed by atoms with van der Waals surface area (Å²) in [5.74, 6) is 0.881. The standard InChI is InChI=1S/C15H25NO/c1-6-16(7-2)10-11-12-8-9-15(5,13(11)17)14(12,3)4/h10,12H,6-9H2,1-5H3/b11-10-/t12-,15+/m1/s1. The van der Waals surface area contributed by atoms with Crippen LogP contribution in [0.4, 0.5) is 0 Å². The summed E-state index contributed by atoms with van der Waals surface area (Å²) in [5, 5.41) is 0. The van der Waals surface area contributed by atoms with Gasteiger partial charge in [-0.3, -0.25) is 4.79 Å². The van der Waals surface area contributed by atoms with Gasteiger partial charge in [0.1, 0.15) is 0 Å². The molecule has 2 saturated carbocycles. The molecule has 0 heterocycles. The van der Waals surface area contributed by atoms with E-state index < -0.39 is 0 Å². The van der Waals surface area contributed by atoms with E-state index in [0.29, 0.717) is 11.7 Å². The van der Waals surface area contributed by atoms with Crippen LogP contribution in [0.25, 0.3) is 0 Å². The normalized spacial score (nSPS) is 36.9. The second-order valence-electron chi connectivity index (χ2n) is 6.28. The quantitative estimate of drug-likeness (QED) is 0.700. The third kappa shape index (κ3) is 1.49. The van der Waals surface area contributed by atoms with Crippen LogP contribution in [0, 0.1) is 16.7 Å². The van der Waals surface area contributed by atoms with Crippen molar-refractivity contribution >= 4 is 5.78 Å². The van der Waals surface area contributed by atoms with Crippen molar-refractivity contribution < 1.29 is 4.79 Å². The second kappa shape index (κ2) is 3.86. The van der Waals surface area contributed by atoms with E-state index >= 15 is 0 Å². The molecule has 96 valence electrons. The molecule has 2 atom stereocenters. The monoisotopic (exact) mass is 235 g/mol. The molecule has 0 radical (unpaired) electrons. The maximum atomic E-state index is 12.6. The van der Waals surface area contributed by atoms with E-state index in [1.807, 2.05) is 0 Å². The van der Waals surface area contributed by atoms with Crippen LogP contribution in [0.2, 0.25) is 0 Å². The van der Waals surface area contributed by atoms with E-state index in [4.69, 9.17) is 0 Å². The molecule has 2 nitrogen and oxygen atoms in total. The first-order chi connectivity index (χ1) is 7.88. The predicted octanol–water partition coefficient (Wildman–Crippen LogP) is 3.24. The van der Waals surface area contributed by atoms with Crippen molar-refractivity contribution in [3.05, 3.63) is 11.8 Å². The summed E-state index contributed by atoms with van der Waals surface area (Å²) in [6, 6.07) is 0. The Kier molecular flexibility index (Phi) is 2.87. The first-order valence-corrected chi connectivity index (χ1v) is 6.89. The van der Waals surface area contributed by atoms with Crippen LogP contribution >= 0.6 is 0 Å². The molecular formula is C15H25NO. The molecule has 2 heteroatoms. The van der Waals surface area contributed by atoms with Gasteiger partial charge in [0.2, 0.25) is 0 Å². The van der Waals surface area contributed by atoms with E-state index in [9.17, 15) is 4.79 Å². The van der Waals surface area contributed by atoms with Crippen LogP contribution < -0.4 is 0 Å². The zero-order chi connectivity index (χ0) is 12.8. The van der Waals surface area contributed by atoms with Gasteiger partial charge in [0.25, 0.3) is 0 Å². The fraction of sp³-hybridized carbons (Fsp3) is 0.800. The Morgan fingerprint density at radius 3 is 2.29 bits per heavy atom. The average molecular weight is 235 g/mol. The van der Waals surface area contributed by atoms with Gasteiger partial charge in [0.05, 0.1) is 0 Å². The molecule has 17 heavy (non-hydrogen) atoms. The number of allylic oxidation sites excluding steroid dienone is 1. The van der Waals surface area contributed by atoms with Crippen molar-refractivity contribution in [3.63, 3.8) is 0 Å². The van der Waals surface area contributed by atoms with E-state index in [1.54, 1.807) is 0 Å². The number of hydrogen-bond donors (Lipinski definition) is 0. The van der Waals surface area contributed by atoms with Crippen molar-refractivity contribution in [2.24, 2.45) is 16.7 Å². The zero-order valence-corrected chi connectivity index (χ0v) is 11.8. The van der Waals surface area contributed by atoms with Crippen LogP contribution in [-0.2, 0) is 4.79 Å². The molecule has 0 aromatic heterocycles. The largest absolute Gasteiger partial charge is 0.378 e. The highest BCUT2D eigenvalue weighted by molar-refractivity contribution is 6.04. The summed E-state index contributed by atoms with van der Waals surface area (Å²) >= 11 is 0. The highest BCUT2D eigenvalue weighted by Gasteiger charge is 2.64. The Morgan fingerprint density at radius 2 is 1.88 bits per heavy atom. The highest BCUT2D eigenvalue weighted by Crippen LogP contribution is 2.65. The number of carbonyl (C=O) groups is 1. The topological polar surface area (TPSA) is 20.3 Å². The molecule has 0 spiro atoms. The van der Waals surface area contributed by atoms with E-state index in [-0.39, 0.29) is 10.8 Å². The molecule has 0 unspecified atom stereocenters. The highest BCUT2D eigenvalue weighted by atomic mass is 16.1. The molecule has 0 aromatic carbocycles. The lowest BCUT2D eigenvalue weighted by molar-refractivity contribution is -0.125. The molecule has 2 aliphatic carbocycles. The van der Waals surface area contributed by atoms with Crippen LogP contribution in [0.15, 0.2) is 11.8 Å². The summed E-state index contributed by atoms with van der Waals surface area (Å²) in [4.78, 5) is 14.8. The molecule has 0 saturated heterocycles. The summed E-state index contributed by atoms with van der Waals surface area (Å²) in [6.07, 6.45) is 4.39. The third-order valence-electron chi connectivity index (χ3n) is 5.50. The van der Waals surface area contributed by atoms with Crippen molar-refractivity contribution in [1.82, 2.24) is 4.90 Å². The number of Topliss-reactive ketones (excluding diaryl/α,β-unsaturated/α-hetero) is 1. The smallest absolute Gasteiger partial charge is 0.167 e. The first-order valence-electron chi connectivity index (χ1n) is 6.89. The van der Waals surface area contributed by atoms with Gasteiger partial charge in [-0.25, -0.2) is 0 Å². The van der Waals surface area contributed by atoms with Crippen LogP contribution in [0.1, 0.15) is 47.5 Å². The summed E-state index contributed by atoms with van der Waals surface area (Å²) < 4.78 is 0. The third-order valence-corrected chi connectivity index (χ3v) is 5.50. The maximum absolute atomic E-state index is 12.6. The Bertz CT molecular complexity index is 365. The zero-order valence-electron chi connectivity index (χ0n) is 11.8. The molecule has 2 aliphatic rings. The second-order valence-corrected chi connectivity index (χ2v) is 6.28. The lowest BCUT2D eigenvalue weighted by Crippen LogP contribution is -2.32. The number of ketones is 1. The number of fused-ring (bicyclic) bond motifs is 2. The average Bonchev–Trinajstić information content (AvgIpc) is 2.59. The van der Waals surface area contributed by atoms with E-state index in [1.165, 1.54) is 6.42 Å². The summed E-state index contributed by atoms with van der Waals surface area (Å²) in [6.45, 7) is 13.0. The van der Waals surface area contributed by atoms with Crippen molar-refractivity contribution in [2.45, 2.75) is 47.5 Å². The fourth-order valence-corrected chi connectivity index (χ4v) is 3.68. The molecule has 0 amide bonds. The van der Waals surface area contributed by atoms with Crippen molar-refractivity contribution in [3.8, 4) is 0 Å². The lowest BCUT2D eigenvalue weighted by atomic mass is 9.70. The molecule has 0 aliphatic heterocycles. The minimum absolute atomic E-state index is 0.114. The lowest BCUT2D eigenvalue weighted by Gasteiger charge is -2.31. The number of carbonyl (C=O) groups excluding carboxylic acids is 1. The maximum Gasteiger partial charge on any atom is 0.167 e. The number of hydrogen-bond acceptors (Lipinski definition) is 2. The summed E-state index contributed by atoms with van der Waals surface area (Å²) in [5.41, 5.74) is 1.12. The number of rotatable bonds is 3. The predicted molar refractivity (Wildman–Crippen MR) is 70.6 cm³/mol. The number of nitrogens with zero attached hydrogens (tertiary/aromatic N) is 1. The Balaban J connectivity index is 2.38. The molecular weight excluding hydrogens is 210 g/mol. The van der Waals surface area contributed by atoms with E-state index in [0.717, 1.165) is 25.1 Å². The van der Waals surface area contributed by atoms with Gasteiger partial charge in [0.15, 0.2) is 5.78 Å². The van der Waals surface area contributed by atoms with Gasteiger partial charge in [-0.2, -0.15) is 0 Å². The van der Waals surface area contributed by atoms with Gasteiger partial charge < -0.3 is 4.90 Å². The minimum Gasteiger partial charge on any atom is -0.378 e. The van der Waals surface area contributed by atoms with Crippen LogP contribution in [0.5, 0.6) is 0 Å². The molecule has 2 rings (SSSR count).